The summed E-state index contributed by atoms with van der Waals surface area (Å²) < 4.78 is 8.93. The van der Waals surface area contributed by atoms with Crippen molar-refractivity contribution in [2.24, 2.45) is 79.8 Å². The van der Waals surface area contributed by atoms with Gasteiger partial charge in [0, 0.05) is 29.5 Å². The number of esters is 1. The van der Waals surface area contributed by atoms with Gasteiger partial charge in [0.05, 0.1) is 17.3 Å². The number of hydrogen-bond acceptors (Lipinski definition) is 6. The van der Waals surface area contributed by atoms with E-state index in [4.69, 9.17) is 4.74 Å². The lowest BCUT2D eigenvalue weighted by atomic mass is 9.32. The minimum atomic E-state index is -0.805. The highest BCUT2D eigenvalue weighted by Crippen LogP contribution is 2.78. The molecule has 0 aromatic carbocycles. The van der Waals surface area contributed by atoms with Crippen molar-refractivity contribution < 1.29 is 24.2 Å². The Bertz CT molecular complexity index is 1920. The molecular formula is C51H78N4O5. The van der Waals surface area contributed by atoms with Crippen LogP contribution < -0.4 is 0 Å². The molecule has 1 aromatic rings. The summed E-state index contributed by atoms with van der Waals surface area (Å²) in [5.74, 6) is 4.88. The van der Waals surface area contributed by atoms with Gasteiger partial charge in [-0.05, 0) is 173 Å². The number of fused-ring (bicyclic) bond motifs is 9. The second-order valence-electron chi connectivity index (χ2n) is 25.0. The van der Waals surface area contributed by atoms with Crippen LogP contribution in [0.3, 0.4) is 0 Å². The summed E-state index contributed by atoms with van der Waals surface area (Å²) in [5.41, 5.74) is -0.372. The third-order valence-electron chi connectivity index (χ3n) is 21.9. The Kier molecular flexibility index (Phi) is 9.37. The molecule has 3 heterocycles. The third kappa shape index (κ3) is 5.49. The third-order valence-corrected chi connectivity index (χ3v) is 21.9. The van der Waals surface area contributed by atoms with E-state index in [1.165, 1.54) is 44.9 Å². The number of piperidine rings is 1. The summed E-state index contributed by atoms with van der Waals surface area (Å²) in [7, 11) is 0. The number of carbonyl (C=O) groups excluding carboxylic acids is 2. The maximum Gasteiger partial charge on any atom is 0.309 e. The fourth-order valence-electron chi connectivity index (χ4n) is 18.4. The SMILES string of the molecule is Cc1nnc(C(C)C)n1C1CC2CCC(C1)N2C(=O)[C@]12CC[C@@H](C3CC3)[C@@H]1[C@H]1CC[C@@H]3[C@@]4(C)CC[C@H](OC(=O)[C@H]5C[C@@H](C(=O)O)C5(C)C)C(C)(C)[C@@H]4CC[C@@]3(C)[C@]1(C)CC2. The summed E-state index contributed by atoms with van der Waals surface area (Å²) in [6.45, 7) is 23.2. The van der Waals surface area contributed by atoms with Crippen LogP contribution in [-0.4, -0.2) is 60.8 Å². The van der Waals surface area contributed by atoms with Gasteiger partial charge in [-0.3, -0.25) is 14.4 Å². The average molecular weight is 827 g/mol. The van der Waals surface area contributed by atoms with Crippen molar-refractivity contribution in [1.29, 1.82) is 0 Å². The van der Waals surface area contributed by atoms with Gasteiger partial charge in [-0.1, -0.05) is 62.3 Å². The summed E-state index contributed by atoms with van der Waals surface area (Å²) >= 11 is 0. The number of aliphatic carboxylic acids is 1. The van der Waals surface area contributed by atoms with Crippen molar-refractivity contribution in [2.45, 2.75) is 209 Å². The van der Waals surface area contributed by atoms with Crippen LogP contribution in [0.5, 0.6) is 0 Å². The van der Waals surface area contributed by atoms with Crippen molar-refractivity contribution in [3.05, 3.63) is 11.6 Å². The molecule has 2 bridgehead atoms. The van der Waals surface area contributed by atoms with Crippen molar-refractivity contribution in [1.82, 2.24) is 19.7 Å². The van der Waals surface area contributed by atoms with Gasteiger partial charge in [-0.15, -0.1) is 10.2 Å². The van der Waals surface area contributed by atoms with Gasteiger partial charge in [0.15, 0.2) is 0 Å². The predicted octanol–water partition coefficient (Wildman–Crippen LogP) is 10.6. The molecule has 7 saturated carbocycles. The molecule has 14 atom stereocenters. The number of nitrogens with zero attached hydrogens (tertiary/aromatic N) is 4. The number of carbonyl (C=O) groups is 3. The second kappa shape index (κ2) is 13.5. The van der Waals surface area contributed by atoms with E-state index >= 15 is 4.79 Å². The fraction of sp³-hybridized carbons (Fsp3) is 0.902. The number of carboxylic acid groups (broad SMARTS) is 1. The van der Waals surface area contributed by atoms with E-state index in [1.54, 1.807) is 0 Å². The number of rotatable bonds is 7. The molecule has 9 heteroatoms. The zero-order valence-corrected chi connectivity index (χ0v) is 38.9. The predicted molar refractivity (Wildman–Crippen MR) is 231 cm³/mol. The van der Waals surface area contributed by atoms with Crippen molar-refractivity contribution in [3.63, 3.8) is 0 Å². The molecule has 2 aliphatic heterocycles. The Labute approximate surface area is 360 Å². The number of ether oxygens (including phenoxy) is 1. The fourth-order valence-corrected chi connectivity index (χ4v) is 18.4. The minimum absolute atomic E-state index is 0.142. The summed E-state index contributed by atoms with van der Waals surface area (Å²) in [6, 6.07) is 1.04. The smallest absolute Gasteiger partial charge is 0.309 e. The summed E-state index contributed by atoms with van der Waals surface area (Å²) in [5, 5.41) is 18.9. The molecule has 7 aliphatic carbocycles. The molecule has 1 aromatic heterocycles. The number of hydrogen-bond donors (Lipinski definition) is 1. The Morgan fingerprint density at radius 1 is 0.700 bits per heavy atom. The molecule has 0 spiro atoms. The number of carboxylic acids is 1. The van der Waals surface area contributed by atoms with Crippen LogP contribution in [0.25, 0.3) is 0 Å². The largest absolute Gasteiger partial charge is 0.481 e. The maximum atomic E-state index is 15.8. The quantitative estimate of drug-likeness (QED) is 0.272. The molecule has 2 saturated heterocycles. The van der Waals surface area contributed by atoms with Crippen molar-refractivity contribution >= 4 is 17.8 Å². The van der Waals surface area contributed by atoms with Gasteiger partial charge in [0.2, 0.25) is 5.91 Å². The topological polar surface area (TPSA) is 115 Å². The summed E-state index contributed by atoms with van der Waals surface area (Å²) in [4.78, 5) is 43.9. The first-order valence-corrected chi connectivity index (χ1v) is 24.9. The molecule has 1 N–H and O–H groups in total. The highest BCUT2D eigenvalue weighted by molar-refractivity contribution is 5.85. The first kappa shape index (κ1) is 41.6. The van der Waals surface area contributed by atoms with E-state index in [-0.39, 0.29) is 45.1 Å². The molecule has 1 amide bonds. The average Bonchev–Trinajstić information content (AvgIpc) is 3.74. The van der Waals surface area contributed by atoms with Gasteiger partial charge in [-0.2, -0.15) is 0 Å². The van der Waals surface area contributed by atoms with E-state index < -0.39 is 17.3 Å². The number of aromatic nitrogens is 3. The number of amides is 1. The van der Waals surface area contributed by atoms with Gasteiger partial charge >= 0.3 is 11.9 Å². The van der Waals surface area contributed by atoms with Crippen molar-refractivity contribution in [3.8, 4) is 0 Å². The maximum absolute atomic E-state index is 15.8. The summed E-state index contributed by atoms with van der Waals surface area (Å²) in [6.07, 6.45) is 18.7. The van der Waals surface area contributed by atoms with E-state index in [9.17, 15) is 14.7 Å². The lowest BCUT2D eigenvalue weighted by Crippen LogP contribution is -2.68. The van der Waals surface area contributed by atoms with Gasteiger partial charge in [-0.25, -0.2) is 0 Å². The van der Waals surface area contributed by atoms with Gasteiger partial charge in [0.1, 0.15) is 17.8 Å². The highest BCUT2D eigenvalue weighted by Gasteiger charge is 2.73. The Morgan fingerprint density at radius 3 is 2.03 bits per heavy atom. The Hall–Kier alpha value is -2.45. The first-order valence-electron chi connectivity index (χ1n) is 24.9. The van der Waals surface area contributed by atoms with E-state index in [2.05, 4.69) is 75.1 Å². The zero-order chi connectivity index (χ0) is 42.7. The standard InChI is InChI=1S/C51H78N4O5/c1-28(2)42-53-52-29(3)54(42)33-25-31-13-14-32(26-33)55(31)45(59)51-22-17-34(30-11-12-30)41(51)35-15-16-39-48(8)20-19-40(60-44(58)37-27-36(43(56)57)46(37,4)5)47(6,7)38(48)18-21-50(39,10)49(35,9)23-24-51/h28,30-41H,11-27H2,1-10H3,(H,56,57)/t31?,32?,33?,34-,35+,36-,37+,38-,39+,40-,41+,48-,49+,50+,51-/m0/s1. The van der Waals surface area contributed by atoms with Gasteiger partial charge < -0.3 is 19.3 Å². The molecule has 60 heavy (non-hydrogen) atoms. The Morgan fingerprint density at radius 2 is 1.40 bits per heavy atom. The van der Waals surface area contributed by atoms with Crippen LogP contribution in [-0.2, 0) is 19.1 Å². The highest BCUT2D eigenvalue weighted by atomic mass is 16.5. The van der Waals surface area contributed by atoms with Crippen LogP contribution in [0, 0.1) is 86.8 Å². The molecule has 2 unspecified atom stereocenters. The molecule has 9 aliphatic rings. The van der Waals surface area contributed by atoms with E-state index in [0.29, 0.717) is 66.0 Å². The molecule has 332 valence electrons. The van der Waals surface area contributed by atoms with Gasteiger partial charge in [0.25, 0.3) is 0 Å². The van der Waals surface area contributed by atoms with Crippen LogP contribution in [0.1, 0.15) is 195 Å². The van der Waals surface area contributed by atoms with E-state index in [0.717, 1.165) is 75.4 Å². The van der Waals surface area contributed by atoms with Crippen LogP contribution in [0.2, 0.25) is 0 Å². The second-order valence-corrected chi connectivity index (χ2v) is 25.0. The molecule has 0 radical (unpaired) electrons. The first-order chi connectivity index (χ1) is 28.2. The van der Waals surface area contributed by atoms with Crippen molar-refractivity contribution in [2.75, 3.05) is 0 Å². The molecular weight excluding hydrogens is 749 g/mol. The molecule has 9 fully saturated rings. The molecule has 10 rings (SSSR count). The lowest BCUT2D eigenvalue weighted by molar-refractivity contribution is -0.252. The normalized spacial score (nSPS) is 47.4. The lowest BCUT2D eigenvalue weighted by Gasteiger charge is -2.73. The molecule has 9 nitrogen and oxygen atoms in total. The monoisotopic (exact) mass is 827 g/mol. The van der Waals surface area contributed by atoms with E-state index in [1.807, 2.05) is 13.8 Å². The van der Waals surface area contributed by atoms with Crippen LogP contribution >= 0.6 is 0 Å². The minimum Gasteiger partial charge on any atom is -0.481 e. The number of aryl methyl sites for hydroxylation is 1. The van der Waals surface area contributed by atoms with Crippen LogP contribution in [0.15, 0.2) is 0 Å². The zero-order valence-electron chi connectivity index (χ0n) is 38.9. The van der Waals surface area contributed by atoms with Crippen LogP contribution in [0.4, 0.5) is 0 Å². The Balaban J connectivity index is 0.898.